The van der Waals surface area contributed by atoms with Gasteiger partial charge >= 0.3 is 0 Å². The minimum Gasteiger partial charge on any atom is -0.368 e. The number of likely N-dealkylation sites (N-methyl/N-ethyl adjacent to an activating group) is 1. The third kappa shape index (κ3) is 2.72. The summed E-state index contributed by atoms with van der Waals surface area (Å²) in [5.74, 6) is 1.55. The van der Waals surface area contributed by atoms with Crippen molar-refractivity contribution in [2.24, 2.45) is 0 Å². The smallest absolute Gasteiger partial charge is 0.224 e. The van der Waals surface area contributed by atoms with Gasteiger partial charge in [-0.2, -0.15) is 4.98 Å². The standard InChI is InChI=1S/C13H23N5/c1-14-12-15-9-6-11(17-12)16-10-13(18(2)3)7-4-5-8-13/h6,9H,4-5,7-8,10H2,1-3H3,(H2,14,15,16,17). The molecular weight excluding hydrogens is 226 g/mol. The highest BCUT2D eigenvalue weighted by molar-refractivity contribution is 5.39. The van der Waals surface area contributed by atoms with Crippen molar-refractivity contribution in [3.05, 3.63) is 12.3 Å². The maximum absolute atomic E-state index is 4.39. The van der Waals surface area contributed by atoms with Gasteiger partial charge in [0.25, 0.3) is 0 Å². The fraction of sp³-hybridized carbons (Fsp3) is 0.692. The summed E-state index contributed by atoms with van der Waals surface area (Å²) in [6.07, 6.45) is 6.95. The summed E-state index contributed by atoms with van der Waals surface area (Å²) in [7, 11) is 6.18. The van der Waals surface area contributed by atoms with E-state index in [1.807, 2.05) is 13.1 Å². The summed E-state index contributed by atoms with van der Waals surface area (Å²) in [5, 5.41) is 6.41. The fourth-order valence-electron chi connectivity index (χ4n) is 2.65. The van der Waals surface area contributed by atoms with E-state index in [4.69, 9.17) is 0 Å². The van der Waals surface area contributed by atoms with E-state index in [1.165, 1.54) is 25.7 Å². The normalized spacial score (nSPS) is 18.0. The zero-order chi connectivity index (χ0) is 13.0. The molecule has 2 rings (SSSR count). The van der Waals surface area contributed by atoms with Gasteiger partial charge in [-0.25, -0.2) is 4.98 Å². The monoisotopic (exact) mass is 249 g/mol. The molecule has 100 valence electrons. The number of hydrogen-bond donors (Lipinski definition) is 2. The van der Waals surface area contributed by atoms with Crippen molar-refractivity contribution in [3.8, 4) is 0 Å². The molecule has 1 aliphatic rings. The lowest BCUT2D eigenvalue weighted by Gasteiger charge is -2.36. The summed E-state index contributed by atoms with van der Waals surface area (Å²) in [5.41, 5.74) is 0.282. The number of nitrogens with zero attached hydrogens (tertiary/aromatic N) is 3. The summed E-state index contributed by atoms with van der Waals surface area (Å²) < 4.78 is 0. The Balaban J connectivity index is 2.01. The van der Waals surface area contributed by atoms with E-state index < -0.39 is 0 Å². The molecule has 0 saturated heterocycles. The lowest BCUT2D eigenvalue weighted by molar-refractivity contribution is 0.172. The number of rotatable bonds is 5. The first-order valence-corrected chi connectivity index (χ1v) is 6.58. The number of aromatic nitrogens is 2. The minimum atomic E-state index is 0.282. The Morgan fingerprint density at radius 1 is 1.33 bits per heavy atom. The van der Waals surface area contributed by atoms with Crippen molar-refractivity contribution >= 4 is 11.8 Å². The van der Waals surface area contributed by atoms with Gasteiger partial charge in [-0.05, 0) is 33.0 Å². The van der Waals surface area contributed by atoms with Gasteiger partial charge in [-0.1, -0.05) is 12.8 Å². The van der Waals surface area contributed by atoms with Crippen molar-refractivity contribution in [2.45, 2.75) is 31.2 Å². The van der Waals surface area contributed by atoms with Crippen LogP contribution < -0.4 is 10.6 Å². The number of hydrogen-bond acceptors (Lipinski definition) is 5. The number of anilines is 2. The SMILES string of the molecule is CNc1nccc(NCC2(N(C)C)CCCC2)n1. The lowest BCUT2D eigenvalue weighted by atomic mass is 9.96. The molecule has 1 heterocycles. The Bertz CT molecular complexity index is 385. The van der Waals surface area contributed by atoms with E-state index in [0.29, 0.717) is 5.95 Å². The van der Waals surface area contributed by atoms with Crippen LogP contribution in [0.3, 0.4) is 0 Å². The topological polar surface area (TPSA) is 53.1 Å². The molecule has 1 saturated carbocycles. The highest BCUT2D eigenvalue weighted by atomic mass is 15.2. The van der Waals surface area contributed by atoms with Gasteiger partial charge in [0, 0.05) is 25.3 Å². The minimum absolute atomic E-state index is 0.282. The van der Waals surface area contributed by atoms with Crippen LogP contribution in [-0.4, -0.2) is 48.1 Å². The van der Waals surface area contributed by atoms with Crippen molar-refractivity contribution in [1.29, 1.82) is 0 Å². The van der Waals surface area contributed by atoms with Crippen LogP contribution in [-0.2, 0) is 0 Å². The molecule has 0 atom stereocenters. The largest absolute Gasteiger partial charge is 0.368 e. The van der Waals surface area contributed by atoms with Crippen LogP contribution >= 0.6 is 0 Å². The molecule has 1 aromatic heterocycles. The highest BCUT2D eigenvalue weighted by Crippen LogP contribution is 2.33. The van der Waals surface area contributed by atoms with Gasteiger partial charge < -0.3 is 15.5 Å². The quantitative estimate of drug-likeness (QED) is 0.833. The Kier molecular flexibility index (Phi) is 4.01. The van der Waals surface area contributed by atoms with E-state index >= 15 is 0 Å². The van der Waals surface area contributed by atoms with Crippen LogP contribution in [0.4, 0.5) is 11.8 Å². The van der Waals surface area contributed by atoms with Gasteiger partial charge in [-0.3, -0.25) is 0 Å². The third-order valence-electron chi connectivity index (χ3n) is 3.96. The molecule has 0 unspecified atom stereocenters. The molecule has 2 N–H and O–H groups in total. The van der Waals surface area contributed by atoms with Gasteiger partial charge in [0.1, 0.15) is 5.82 Å². The molecule has 1 aromatic rings. The van der Waals surface area contributed by atoms with Crippen molar-refractivity contribution in [2.75, 3.05) is 38.3 Å². The van der Waals surface area contributed by atoms with E-state index in [0.717, 1.165) is 12.4 Å². The molecule has 0 amide bonds. The molecule has 0 bridgehead atoms. The molecule has 1 fully saturated rings. The average molecular weight is 249 g/mol. The molecule has 5 heteroatoms. The molecule has 0 aliphatic heterocycles. The van der Waals surface area contributed by atoms with Gasteiger partial charge in [-0.15, -0.1) is 0 Å². The zero-order valence-corrected chi connectivity index (χ0v) is 11.5. The summed E-state index contributed by atoms with van der Waals surface area (Å²) in [6, 6.07) is 1.92. The van der Waals surface area contributed by atoms with E-state index in [-0.39, 0.29) is 5.54 Å². The Hall–Kier alpha value is -1.36. The molecule has 0 radical (unpaired) electrons. The molecular formula is C13H23N5. The van der Waals surface area contributed by atoms with Crippen LogP contribution in [0.1, 0.15) is 25.7 Å². The summed E-state index contributed by atoms with van der Waals surface area (Å²) in [4.78, 5) is 10.9. The van der Waals surface area contributed by atoms with Gasteiger partial charge in [0.15, 0.2) is 0 Å². The summed E-state index contributed by atoms with van der Waals surface area (Å²) >= 11 is 0. The predicted octanol–water partition coefficient (Wildman–Crippen LogP) is 1.80. The Morgan fingerprint density at radius 2 is 2.06 bits per heavy atom. The Morgan fingerprint density at radius 3 is 2.67 bits per heavy atom. The van der Waals surface area contributed by atoms with Gasteiger partial charge in [0.05, 0.1) is 0 Å². The summed E-state index contributed by atoms with van der Waals surface area (Å²) in [6.45, 7) is 0.945. The van der Waals surface area contributed by atoms with Crippen LogP contribution in [0.25, 0.3) is 0 Å². The third-order valence-corrected chi connectivity index (χ3v) is 3.96. The second kappa shape index (κ2) is 5.52. The van der Waals surface area contributed by atoms with Crippen molar-refractivity contribution in [3.63, 3.8) is 0 Å². The fourth-order valence-corrected chi connectivity index (χ4v) is 2.65. The second-order valence-electron chi connectivity index (χ2n) is 5.19. The first-order valence-electron chi connectivity index (χ1n) is 6.58. The number of nitrogens with one attached hydrogen (secondary N) is 2. The van der Waals surface area contributed by atoms with E-state index in [2.05, 4.69) is 39.6 Å². The maximum Gasteiger partial charge on any atom is 0.224 e. The van der Waals surface area contributed by atoms with E-state index in [9.17, 15) is 0 Å². The Labute approximate surface area is 109 Å². The first-order chi connectivity index (χ1) is 8.66. The first kappa shape index (κ1) is 13.1. The second-order valence-corrected chi connectivity index (χ2v) is 5.19. The molecule has 18 heavy (non-hydrogen) atoms. The van der Waals surface area contributed by atoms with E-state index in [1.54, 1.807) is 6.20 Å². The highest BCUT2D eigenvalue weighted by Gasteiger charge is 2.35. The van der Waals surface area contributed by atoms with Crippen molar-refractivity contribution in [1.82, 2.24) is 14.9 Å². The lowest BCUT2D eigenvalue weighted by Crippen LogP contribution is -2.47. The van der Waals surface area contributed by atoms with Crippen LogP contribution in [0.5, 0.6) is 0 Å². The predicted molar refractivity (Wildman–Crippen MR) is 75.0 cm³/mol. The van der Waals surface area contributed by atoms with Gasteiger partial charge in [0.2, 0.25) is 5.95 Å². The van der Waals surface area contributed by atoms with Crippen LogP contribution in [0.2, 0.25) is 0 Å². The molecule has 0 spiro atoms. The average Bonchev–Trinajstić information content (AvgIpc) is 2.87. The van der Waals surface area contributed by atoms with Crippen LogP contribution in [0, 0.1) is 0 Å². The van der Waals surface area contributed by atoms with Crippen molar-refractivity contribution < 1.29 is 0 Å². The molecule has 0 aromatic carbocycles. The maximum atomic E-state index is 4.39. The molecule has 5 nitrogen and oxygen atoms in total. The van der Waals surface area contributed by atoms with Crippen LogP contribution in [0.15, 0.2) is 12.3 Å². The molecule has 1 aliphatic carbocycles. The zero-order valence-electron chi connectivity index (χ0n) is 11.5.